The lowest BCUT2D eigenvalue weighted by molar-refractivity contribution is -0.0658. The zero-order valence-electron chi connectivity index (χ0n) is 11.8. The Labute approximate surface area is 124 Å². The van der Waals surface area contributed by atoms with Crippen LogP contribution in [-0.4, -0.2) is 36.8 Å². The molecule has 20 heavy (non-hydrogen) atoms. The maximum atomic E-state index is 9.27. The molecular formula is C16H20N2OS. The van der Waals surface area contributed by atoms with Gasteiger partial charge in [0.1, 0.15) is 6.07 Å². The topological polar surface area (TPSA) is 36.3 Å². The standard InChI is InChI=1S/C16H20N2OS/c1-18(15-5-3-2-4-13(15)11-17)14-6-8-19-16(10-14)7-9-20-12-16/h2-5,14H,6-10,12H2,1H3. The fraction of sp³-hybridized carbons (Fsp3) is 0.562. The first-order chi connectivity index (χ1) is 9.74. The van der Waals surface area contributed by atoms with Gasteiger partial charge in [-0.1, -0.05) is 12.1 Å². The van der Waals surface area contributed by atoms with E-state index in [1.165, 1.54) is 12.2 Å². The predicted molar refractivity (Wildman–Crippen MR) is 83.2 cm³/mol. The molecule has 2 saturated heterocycles. The highest BCUT2D eigenvalue weighted by Crippen LogP contribution is 2.40. The number of para-hydroxylation sites is 1. The van der Waals surface area contributed by atoms with Crippen molar-refractivity contribution in [2.24, 2.45) is 0 Å². The number of hydrogen-bond acceptors (Lipinski definition) is 4. The number of benzene rings is 1. The number of thioether (sulfide) groups is 1. The number of ether oxygens (including phenoxy) is 1. The minimum atomic E-state index is 0.0867. The SMILES string of the molecule is CN(c1ccccc1C#N)C1CCOC2(CCSC2)C1. The summed E-state index contributed by atoms with van der Waals surface area (Å²) in [4.78, 5) is 2.28. The number of nitrogens with zero attached hydrogens (tertiary/aromatic N) is 2. The molecular weight excluding hydrogens is 268 g/mol. The summed E-state index contributed by atoms with van der Waals surface area (Å²) in [6, 6.07) is 10.6. The van der Waals surface area contributed by atoms with Crippen LogP contribution in [0.3, 0.4) is 0 Å². The Kier molecular flexibility index (Phi) is 3.91. The molecule has 0 aromatic heterocycles. The molecule has 0 saturated carbocycles. The molecule has 2 unspecified atom stereocenters. The van der Waals surface area contributed by atoms with Crippen LogP contribution in [0.2, 0.25) is 0 Å². The van der Waals surface area contributed by atoms with Gasteiger partial charge in [0, 0.05) is 25.4 Å². The summed E-state index contributed by atoms with van der Waals surface area (Å²) in [7, 11) is 2.11. The van der Waals surface area contributed by atoms with E-state index >= 15 is 0 Å². The Morgan fingerprint density at radius 3 is 3.05 bits per heavy atom. The summed E-state index contributed by atoms with van der Waals surface area (Å²) in [6.07, 6.45) is 3.29. The van der Waals surface area contributed by atoms with E-state index in [1.54, 1.807) is 0 Å². The monoisotopic (exact) mass is 288 g/mol. The van der Waals surface area contributed by atoms with Crippen LogP contribution in [0.15, 0.2) is 24.3 Å². The third-order valence-electron chi connectivity index (χ3n) is 4.49. The molecule has 0 N–H and O–H groups in total. The van der Waals surface area contributed by atoms with Crippen molar-refractivity contribution in [2.45, 2.75) is 30.9 Å². The molecule has 4 heteroatoms. The van der Waals surface area contributed by atoms with Crippen molar-refractivity contribution in [3.05, 3.63) is 29.8 Å². The van der Waals surface area contributed by atoms with Gasteiger partial charge in [-0.3, -0.25) is 0 Å². The average Bonchev–Trinajstić information content (AvgIpc) is 2.94. The molecule has 3 rings (SSSR count). The van der Waals surface area contributed by atoms with Crippen molar-refractivity contribution in [3.63, 3.8) is 0 Å². The summed E-state index contributed by atoms with van der Waals surface area (Å²) in [5, 5.41) is 9.27. The molecule has 1 aromatic rings. The van der Waals surface area contributed by atoms with Crippen molar-refractivity contribution in [2.75, 3.05) is 30.1 Å². The fourth-order valence-corrected chi connectivity index (χ4v) is 4.65. The highest BCUT2D eigenvalue weighted by molar-refractivity contribution is 7.99. The third kappa shape index (κ3) is 2.53. The van der Waals surface area contributed by atoms with Gasteiger partial charge in [-0.25, -0.2) is 0 Å². The molecule has 1 spiro atoms. The molecule has 0 radical (unpaired) electrons. The van der Waals surface area contributed by atoms with Gasteiger partial charge in [-0.2, -0.15) is 17.0 Å². The highest BCUT2D eigenvalue weighted by Gasteiger charge is 2.41. The second kappa shape index (κ2) is 5.67. The molecule has 2 atom stereocenters. The molecule has 0 amide bonds. The number of nitriles is 1. The van der Waals surface area contributed by atoms with Gasteiger partial charge in [0.2, 0.25) is 0 Å². The molecule has 0 aliphatic carbocycles. The minimum Gasteiger partial charge on any atom is -0.374 e. The first-order valence-electron chi connectivity index (χ1n) is 7.18. The van der Waals surface area contributed by atoms with Crippen LogP contribution in [0.4, 0.5) is 5.69 Å². The smallest absolute Gasteiger partial charge is 0.101 e. The van der Waals surface area contributed by atoms with Crippen LogP contribution in [0.5, 0.6) is 0 Å². The minimum absolute atomic E-state index is 0.0867. The summed E-state index contributed by atoms with van der Waals surface area (Å²) < 4.78 is 6.09. The van der Waals surface area contributed by atoms with Gasteiger partial charge >= 0.3 is 0 Å². The van der Waals surface area contributed by atoms with Gasteiger partial charge in [0.25, 0.3) is 0 Å². The maximum absolute atomic E-state index is 9.27. The number of rotatable bonds is 2. The molecule has 2 aliphatic heterocycles. The normalized spacial score (nSPS) is 29.3. The second-order valence-corrected chi connectivity index (χ2v) is 6.83. The number of hydrogen-bond donors (Lipinski definition) is 0. The van der Waals surface area contributed by atoms with Crippen molar-refractivity contribution in [1.29, 1.82) is 5.26 Å². The van der Waals surface area contributed by atoms with Gasteiger partial charge < -0.3 is 9.64 Å². The van der Waals surface area contributed by atoms with E-state index < -0.39 is 0 Å². The molecule has 1 aromatic carbocycles. The first kappa shape index (κ1) is 13.8. The molecule has 106 valence electrons. The Balaban J connectivity index is 1.80. The van der Waals surface area contributed by atoms with Gasteiger partial charge in [-0.15, -0.1) is 0 Å². The lowest BCUT2D eigenvalue weighted by Crippen LogP contribution is -2.48. The summed E-state index contributed by atoms with van der Waals surface area (Å²) >= 11 is 2.00. The predicted octanol–water partition coefficient (Wildman–Crippen LogP) is 3.05. The lowest BCUT2D eigenvalue weighted by atomic mass is 9.89. The zero-order valence-corrected chi connectivity index (χ0v) is 12.7. The molecule has 3 nitrogen and oxygen atoms in total. The van der Waals surface area contributed by atoms with Crippen molar-refractivity contribution < 1.29 is 4.74 Å². The van der Waals surface area contributed by atoms with Crippen LogP contribution in [0, 0.1) is 11.3 Å². The van der Waals surface area contributed by atoms with E-state index in [2.05, 4.69) is 18.0 Å². The van der Waals surface area contributed by atoms with Gasteiger partial charge in [-0.05, 0) is 37.1 Å². The van der Waals surface area contributed by atoms with Crippen LogP contribution in [0.25, 0.3) is 0 Å². The largest absolute Gasteiger partial charge is 0.374 e. The summed E-state index contributed by atoms with van der Waals surface area (Å²) in [5.74, 6) is 2.34. The lowest BCUT2D eigenvalue weighted by Gasteiger charge is -2.42. The van der Waals surface area contributed by atoms with Crippen molar-refractivity contribution in [3.8, 4) is 6.07 Å². The van der Waals surface area contributed by atoms with Crippen molar-refractivity contribution >= 4 is 17.4 Å². The van der Waals surface area contributed by atoms with E-state index in [-0.39, 0.29) is 5.60 Å². The second-order valence-electron chi connectivity index (χ2n) is 5.72. The van der Waals surface area contributed by atoms with E-state index in [4.69, 9.17) is 4.74 Å². The van der Waals surface area contributed by atoms with Crippen LogP contribution < -0.4 is 4.90 Å². The van der Waals surface area contributed by atoms with E-state index in [0.29, 0.717) is 6.04 Å². The fourth-order valence-electron chi connectivity index (χ4n) is 3.27. The molecule has 2 fully saturated rings. The quantitative estimate of drug-likeness (QED) is 0.838. The van der Waals surface area contributed by atoms with E-state index in [9.17, 15) is 5.26 Å². The van der Waals surface area contributed by atoms with Gasteiger partial charge in [0.15, 0.2) is 0 Å². The zero-order chi connectivity index (χ0) is 14.0. The van der Waals surface area contributed by atoms with Crippen LogP contribution >= 0.6 is 11.8 Å². The summed E-state index contributed by atoms with van der Waals surface area (Å²) in [5.41, 5.74) is 1.89. The summed E-state index contributed by atoms with van der Waals surface area (Å²) in [6.45, 7) is 0.838. The third-order valence-corrected chi connectivity index (χ3v) is 5.71. The van der Waals surface area contributed by atoms with Gasteiger partial charge in [0.05, 0.1) is 16.9 Å². The van der Waals surface area contributed by atoms with Crippen molar-refractivity contribution in [1.82, 2.24) is 0 Å². The first-order valence-corrected chi connectivity index (χ1v) is 8.33. The molecule has 2 aliphatic rings. The molecule has 0 bridgehead atoms. The Hall–Kier alpha value is -1.18. The van der Waals surface area contributed by atoms with E-state index in [0.717, 1.165) is 36.5 Å². The number of anilines is 1. The van der Waals surface area contributed by atoms with Crippen LogP contribution in [-0.2, 0) is 4.74 Å². The Morgan fingerprint density at radius 1 is 1.45 bits per heavy atom. The Morgan fingerprint density at radius 2 is 2.30 bits per heavy atom. The average molecular weight is 288 g/mol. The highest BCUT2D eigenvalue weighted by atomic mass is 32.2. The van der Waals surface area contributed by atoms with Crippen LogP contribution in [0.1, 0.15) is 24.8 Å². The maximum Gasteiger partial charge on any atom is 0.101 e. The Bertz CT molecular complexity index is 519. The molecule has 2 heterocycles. The van der Waals surface area contributed by atoms with E-state index in [1.807, 2.05) is 36.0 Å².